The van der Waals surface area contributed by atoms with Crippen molar-refractivity contribution in [3.8, 4) is 0 Å². The lowest BCUT2D eigenvalue weighted by molar-refractivity contribution is 0.0366. The molecule has 0 spiro atoms. The van der Waals surface area contributed by atoms with Gasteiger partial charge in [-0.3, -0.25) is 4.90 Å². The monoisotopic (exact) mass is 342 g/mol. The van der Waals surface area contributed by atoms with Gasteiger partial charge >= 0.3 is 0 Å². The van der Waals surface area contributed by atoms with Crippen molar-refractivity contribution in [1.82, 2.24) is 14.5 Å². The van der Waals surface area contributed by atoms with E-state index < -0.39 is 0 Å². The summed E-state index contributed by atoms with van der Waals surface area (Å²) < 4.78 is 21.2. The van der Waals surface area contributed by atoms with Crippen LogP contribution in [0.1, 0.15) is 0 Å². The van der Waals surface area contributed by atoms with E-state index in [1.165, 1.54) is 6.07 Å². The lowest BCUT2D eigenvalue weighted by Gasteiger charge is -2.26. The van der Waals surface area contributed by atoms with E-state index in [2.05, 4.69) is 25.8 Å². The SMILES string of the molecule is Nc1nc2cc(F)c(Br)cc2n1CCN1CCOCC1. The Kier molecular flexibility index (Phi) is 3.91. The van der Waals surface area contributed by atoms with Crippen molar-refractivity contribution in [3.63, 3.8) is 0 Å². The molecule has 0 atom stereocenters. The molecule has 5 nitrogen and oxygen atoms in total. The second-order valence-electron chi connectivity index (χ2n) is 4.83. The number of hydrogen-bond donors (Lipinski definition) is 1. The average molecular weight is 343 g/mol. The summed E-state index contributed by atoms with van der Waals surface area (Å²) in [5.74, 6) is 0.0982. The van der Waals surface area contributed by atoms with Crippen molar-refractivity contribution in [2.45, 2.75) is 6.54 Å². The zero-order chi connectivity index (χ0) is 14.1. The zero-order valence-electron chi connectivity index (χ0n) is 11.0. The molecule has 1 fully saturated rings. The normalized spacial score (nSPS) is 16.9. The summed E-state index contributed by atoms with van der Waals surface area (Å²) in [5, 5.41) is 0. The van der Waals surface area contributed by atoms with Crippen molar-refractivity contribution < 1.29 is 9.13 Å². The molecular formula is C13H16BrFN4O. The maximum Gasteiger partial charge on any atom is 0.201 e. The maximum absolute atomic E-state index is 13.5. The van der Waals surface area contributed by atoms with Crippen LogP contribution in [0.25, 0.3) is 11.0 Å². The Bertz CT molecular complexity index is 624. The number of ether oxygens (including phenoxy) is 1. The van der Waals surface area contributed by atoms with Crippen LogP contribution >= 0.6 is 15.9 Å². The minimum absolute atomic E-state index is 0.324. The van der Waals surface area contributed by atoms with Gasteiger partial charge in [0, 0.05) is 32.2 Å². The quantitative estimate of drug-likeness (QED) is 0.924. The molecule has 0 bridgehead atoms. The first-order chi connectivity index (χ1) is 9.65. The molecule has 7 heteroatoms. The third kappa shape index (κ3) is 2.65. The molecule has 0 unspecified atom stereocenters. The van der Waals surface area contributed by atoms with Gasteiger partial charge in [0.05, 0.1) is 28.7 Å². The van der Waals surface area contributed by atoms with Crippen LogP contribution in [-0.2, 0) is 11.3 Å². The number of nitrogens with two attached hydrogens (primary N) is 1. The smallest absolute Gasteiger partial charge is 0.201 e. The van der Waals surface area contributed by atoms with Crippen LogP contribution in [0.3, 0.4) is 0 Å². The molecule has 1 saturated heterocycles. The molecule has 0 radical (unpaired) electrons. The zero-order valence-corrected chi connectivity index (χ0v) is 12.6. The van der Waals surface area contributed by atoms with Gasteiger partial charge in [0.25, 0.3) is 0 Å². The van der Waals surface area contributed by atoms with Gasteiger partial charge in [0.2, 0.25) is 5.95 Å². The molecule has 2 N–H and O–H groups in total. The summed E-state index contributed by atoms with van der Waals surface area (Å²) >= 11 is 3.20. The highest BCUT2D eigenvalue weighted by Crippen LogP contribution is 2.25. The topological polar surface area (TPSA) is 56.3 Å². The minimum atomic E-state index is -0.324. The van der Waals surface area contributed by atoms with Crippen LogP contribution in [0.5, 0.6) is 0 Å². The molecule has 1 aromatic heterocycles. The number of benzene rings is 1. The standard InChI is InChI=1S/C13H16BrFN4O/c14-9-7-12-11(8-10(9)15)17-13(16)19(12)2-1-18-3-5-20-6-4-18/h7-8H,1-6H2,(H2,16,17). The number of fused-ring (bicyclic) bond motifs is 1. The number of nitrogens with zero attached hydrogens (tertiary/aromatic N) is 3. The van der Waals surface area contributed by atoms with Gasteiger partial charge in [0.15, 0.2) is 0 Å². The summed E-state index contributed by atoms with van der Waals surface area (Å²) in [4.78, 5) is 6.54. The predicted octanol–water partition coefficient (Wildman–Crippen LogP) is 1.85. The summed E-state index contributed by atoms with van der Waals surface area (Å²) in [5.41, 5.74) is 7.38. The summed E-state index contributed by atoms with van der Waals surface area (Å²) in [7, 11) is 0. The van der Waals surface area contributed by atoms with E-state index in [-0.39, 0.29) is 5.82 Å². The van der Waals surface area contributed by atoms with Gasteiger partial charge in [-0.15, -0.1) is 0 Å². The summed E-state index contributed by atoms with van der Waals surface area (Å²) in [6, 6.07) is 3.13. The van der Waals surface area contributed by atoms with E-state index in [4.69, 9.17) is 10.5 Å². The number of rotatable bonds is 3. The van der Waals surface area contributed by atoms with E-state index in [0.717, 1.165) is 44.9 Å². The first-order valence-corrected chi connectivity index (χ1v) is 7.35. The Morgan fingerprint density at radius 3 is 2.80 bits per heavy atom. The van der Waals surface area contributed by atoms with Crippen molar-refractivity contribution in [2.75, 3.05) is 38.6 Å². The lowest BCUT2D eigenvalue weighted by Crippen LogP contribution is -2.38. The van der Waals surface area contributed by atoms with Crippen molar-refractivity contribution in [2.24, 2.45) is 0 Å². The highest BCUT2D eigenvalue weighted by Gasteiger charge is 2.14. The third-order valence-corrected chi connectivity index (χ3v) is 4.17. The van der Waals surface area contributed by atoms with Crippen molar-refractivity contribution in [3.05, 3.63) is 22.4 Å². The number of aromatic nitrogens is 2. The second kappa shape index (κ2) is 5.67. The molecular weight excluding hydrogens is 327 g/mol. The molecule has 1 aliphatic heterocycles. The number of halogens is 2. The van der Waals surface area contributed by atoms with Gasteiger partial charge in [-0.05, 0) is 22.0 Å². The van der Waals surface area contributed by atoms with E-state index in [1.54, 1.807) is 6.07 Å². The Morgan fingerprint density at radius 1 is 1.30 bits per heavy atom. The summed E-state index contributed by atoms with van der Waals surface area (Å²) in [6.07, 6.45) is 0. The molecule has 108 valence electrons. The largest absolute Gasteiger partial charge is 0.379 e. The van der Waals surface area contributed by atoms with Crippen LogP contribution in [-0.4, -0.2) is 47.3 Å². The Balaban J connectivity index is 1.83. The fourth-order valence-electron chi connectivity index (χ4n) is 2.44. The average Bonchev–Trinajstić information content (AvgIpc) is 2.73. The van der Waals surface area contributed by atoms with Crippen LogP contribution in [0.2, 0.25) is 0 Å². The molecule has 0 amide bonds. The number of hydrogen-bond acceptors (Lipinski definition) is 4. The van der Waals surface area contributed by atoms with Gasteiger partial charge in [-0.1, -0.05) is 0 Å². The molecule has 20 heavy (non-hydrogen) atoms. The van der Waals surface area contributed by atoms with E-state index in [1.807, 2.05) is 4.57 Å². The Hall–Kier alpha value is -1.18. The molecule has 0 aliphatic carbocycles. The van der Waals surface area contributed by atoms with Crippen LogP contribution in [0.4, 0.5) is 10.3 Å². The molecule has 2 heterocycles. The lowest BCUT2D eigenvalue weighted by atomic mass is 10.3. The number of nitrogen functional groups attached to an aromatic ring is 1. The molecule has 2 aromatic rings. The van der Waals surface area contributed by atoms with E-state index >= 15 is 0 Å². The second-order valence-corrected chi connectivity index (χ2v) is 5.69. The van der Waals surface area contributed by atoms with Crippen LogP contribution in [0, 0.1) is 5.82 Å². The van der Waals surface area contributed by atoms with Crippen molar-refractivity contribution in [1.29, 1.82) is 0 Å². The Labute approximate surface area is 124 Å². The highest BCUT2D eigenvalue weighted by molar-refractivity contribution is 9.10. The number of imidazole rings is 1. The maximum atomic E-state index is 13.5. The fraction of sp³-hybridized carbons (Fsp3) is 0.462. The minimum Gasteiger partial charge on any atom is -0.379 e. The number of anilines is 1. The third-order valence-electron chi connectivity index (χ3n) is 3.56. The first-order valence-electron chi connectivity index (χ1n) is 6.56. The first kappa shape index (κ1) is 13.8. The van der Waals surface area contributed by atoms with Crippen LogP contribution in [0.15, 0.2) is 16.6 Å². The predicted molar refractivity (Wildman–Crippen MR) is 79.1 cm³/mol. The molecule has 0 saturated carbocycles. The van der Waals surface area contributed by atoms with E-state index in [9.17, 15) is 4.39 Å². The molecule has 1 aliphatic rings. The number of morpholine rings is 1. The highest BCUT2D eigenvalue weighted by atomic mass is 79.9. The summed E-state index contributed by atoms with van der Waals surface area (Å²) in [6.45, 7) is 5.04. The van der Waals surface area contributed by atoms with Crippen LogP contribution < -0.4 is 5.73 Å². The van der Waals surface area contributed by atoms with Gasteiger partial charge in [-0.2, -0.15) is 0 Å². The van der Waals surface area contributed by atoms with Crippen molar-refractivity contribution >= 4 is 32.9 Å². The van der Waals surface area contributed by atoms with E-state index in [0.29, 0.717) is 15.9 Å². The molecule has 1 aromatic carbocycles. The van der Waals surface area contributed by atoms with Gasteiger partial charge in [-0.25, -0.2) is 9.37 Å². The Morgan fingerprint density at radius 2 is 2.05 bits per heavy atom. The van der Waals surface area contributed by atoms with Gasteiger partial charge < -0.3 is 15.0 Å². The van der Waals surface area contributed by atoms with Gasteiger partial charge in [0.1, 0.15) is 5.82 Å². The fourth-order valence-corrected chi connectivity index (χ4v) is 2.77. The molecule has 3 rings (SSSR count).